The molecule has 0 bridgehead atoms. The lowest BCUT2D eigenvalue weighted by Gasteiger charge is -2.26. The Morgan fingerprint density at radius 2 is 1.85 bits per heavy atom. The van der Waals surface area contributed by atoms with Gasteiger partial charge in [0.25, 0.3) is 5.91 Å². The highest BCUT2D eigenvalue weighted by Crippen LogP contribution is 2.44. The van der Waals surface area contributed by atoms with Crippen LogP contribution in [0.15, 0.2) is 48.4 Å². The van der Waals surface area contributed by atoms with E-state index in [-0.39, 0.29) is 5.91 Å². The van der Waals surface area contributed by atoms with Crippen LogP contribution in [0.1, 0.15) is 25.0 Å². The van der Waals surface area contributed by atoms with Gasteiger partial charge in [0.15, 0.2) is 0 Å². The van der Waals surface area contributed by atoms with Gasteiger partial charge >= 0.3 is 0 Å². The summed E-state index contributed by atoms with van der Waals surface area (Å²) in [6.45, 7) is 6.41. The third-order valence-electron chi connectivity index (χ3n) is 5.77. The average molecular weight is 454 g/mol. The van der Waals surface area contributed by atoms with Crippen LogP contribution in [0.5, 0.6) is 0 Å². The Kier molecular flexibility index (Phi) is 6.49. The molecule has 0 atom stereocenters. The normalized spacial score (nSPS) is 18.6. The number of nitrogens with zero attached hydrogens (tertiary/aromatic N) is 2. The van der Waals surface area contributed by atoms with Gasteiger partial charge in [0.1, 0.15) is 23.0 Å². The van der Waals surface area contributed by atoms with Gasteiger partial charge < -0.3 is 24.4 Å². The Bertz CT molecular complexity index is 1120. The van der Waals surface area contributed by atoms with Crippen LogP contribution in [0.3, 0.4) is 0 Å². The smallest absolute Gasteiger partial charge is 0.260 e. The quantitative estimate of drug-likeness (QED) is 0.612. The highest BCUT2D eigenvalue weighted by Gasteiger charge is 2.38. The molecule has 0 radical (unpaired) electrons. The van der Waals surface area contributed by atoms with Crippen molar-refractivity contribution in [1.29, 1.82) is 0 Å². The third-order valence-corrected chi connectivity index (χ3v) is 5.77. The molecule has 2 aromatic rings. The zero-order valence-corrected chi connectivity index (χ0v) is 19.3. The second kappa shape index (κ2) is 9.33. The highest BCUT2D eigenvalue weighted by molar-refractivity contribution is 6.32. The number of carbonyl (C=O) groups is 1. The van der Waals surface area contributed by atoms with Crippen LogP contribution in [0.4, 0.5) is 15.9 Å². The second-order valence-corrected chi connectivity index (χ2v) is 8.43. The van der Waals surface area contributed by atoms with Crippen molar-refractivity contribution in [2.24, 2.45) is 0 Å². The summed E-state index contributed by atoms with van der Waals surface area (Å²) in [5.41, 5.74) is 2.68. The lowest BCUT2D eigenvalue weighted by atomic mass is 9.92. The van der Waals surface area contributed by atoms with Crippen molar-refractivity contribution in [2.45, 2.75) is 19.4 Å². The summed E-state index contributed by atoms with van der Waals surface area (Å²) in [5, 5.41) is 2.72. The minimum atomic E-state index is -0.673. The maximum Gasteiger partial charge on any atom is 0.260 e. The molecule has 1 N–H and O–H groups in total. The molecular formula is C25H28FN3O4. The monoisotopic (exact) mass is 453 g/mol. The number of benzene rings is 1. The first-order chi connectivity index (χ1) is 15.8. The SMILES string of the molecule is COCCN(CCOC)c1cc(C2=CC(=C3C(=O)Nc4cc(F)ccc43)OC2(C)C)ccn1. The number of hydrogen-bond donors (Lipinski definition) is 1. The van der Waals surface area contributed by atoms with Gasteiger partial charge in [-0.2, -0.15) is 0 Å². The summed E-state index contributed by atoms with van der Waals surface area (Å²) in [7, 11) is 3.34. The Morgan fingerprint density at radius 1 is 1.12 bits per heavy atom. The van der Waals surface area contributed by atoms with Gasteiger partial charge in [-0.25, -0.2) is 9.37 Å². The lowest BCUT2D eigenvalue weighted by Crippen LogP contribution is -2.31. The van der Waals surface area contributed by atoms with Crippen molar-refractivity contribution >= 4 is 28.6 Å². The maximum absolute atomic E-state index is 13.6. The summed E-state index contributed by atoms with van der Waals surface area (Å²) in [4.78, 5) is 19.3. The Hall–Kier alpha value is -3.23. The number of amides is 1. The predicted octanol–water partition coefficient (Wildman–Crippen LogP) is 3.88. The van der Waals surface area contributed by atoms with Crippen LogP contribution in [0, 0.1) is 5.82 Å². The maximum atomic E-state index is 13.6. The van der Waals surface area contributed by atoms with Gasteiger partial charge in [0.2, 0.25) is 0 Å². The molecule has 2 aliphatic heterocycles. The molecule has 0 fully saturated rings. The Balaban J connectivity index is 1.72. The van der Waals surface area contributed by atoms with Gasteiger partial charge in [0, 0.05) is 44.6 Å². The number of aromatic nitrogens is 1. The van der Waals surface area contributed by atoms with Crippen LogP contribution >= 0.6 is 0 Å². The van der Waals surface area contributed by atoms with E-state index in [0.29, 0.717) is 48.9 Å². The van der Waals surface area contributed by atoms with Crippen LogP contribution in [-0.2, 0) is 19.0 Å². The van der Waals surface area contributed by atoms with E-state index in [0.717, 1.165) is 17.0 Å². The molecular weight excluding hydrogens is 425 g/mol. The fourth-order valence-electron chi connectivity index (χ4n) is 4.11. The first-order valence-electron chi connectivity index (χ1n) is 10.8. The van der Waals surface area contributed by atoms with Crippen molar-refractivity contribution < 1.29 is 23.4 Å². The first kappa shape index (κ1) is 22.9. The minimum Gasteiger partial charge on any atom is -0.482 e. The lowest BCUT2D eigenvalue weighted by molar-refractivity contribution is -0.111. The van der Waals surface area contributed by atoms with Crippen molar-refractivity contribution in [3.8, 4) is 0 Å². The van der Waals surface area contributed by atoms with Gasteiger partial charge in [-0.05, 0) is 55.8 Å². The second-order valence-electron chi connectivity index (χ2n) is 8.43. The summed E-state index contributed by atoms with van der Waals surface area (Å²) in [6.07, 6.45) is 3.65. The van der Waals surface area contributed by atoms with Gasteiger partial charge in [0.05, 0.1) is 24.5 Å². The van der Waals surface area contributed by atoms with E-state index in [1.807, 2.05) is 32.1 Å². The number of ether oxygens (including phenoxy) is 3. The van der Waals surface area contributed by atoms with Crippen LogP contribution in [-0.4, -0.2) is 57.0 Å². The van der Waals surface area contributed by atoms with Gasteiger partial charge in [-0.1, -0.05) is 0 Å². The van der Waals surface area contributed by atoms with E-state index in [1.54, 1.807) is 26.5 Å². The van der Waals surface area contributed by atoms with Crippen LogP contribution < -0.4 is 10.2 Å². The molecule has 0 aliphatic carbocycles. The number of rotatable bonds is 8. The number of fused-ring (bicyclic) bond motifs is 1. The molecule has 0 saturated carbocycles. The zero-order chi connectivity index (χ0) is 23.6. The van der Waals surface area contributed by atoms with E-state index in [2.05, 4.69) is 15.2 Å². The molecule has 0 spiro atoms. The largest absolute Gasteiger partial charge is 0.482 e. The molecule has 174 valence electrons. The fraction of sp³-hybridized carbons (Fsp3) is 0.360. The van der Waals surface area contributed by atoms with E-state index in [1.165, 1.54) is 12.1 Å². The molecule has 2 aliphatic rings. The van der Waals surface area contributed by atoms with E-state index in [4.69, 9.17) is 14.2 Å². The molecule has 8 heteroatoms. The number of halogens is 1. The number of anilines is 2. The molecule has 7 nitrogen and oxygen atoms in total. The molecule has 3 heterocycles. The van der Waals surface area contributed by atoms with Crippen molar-refractivity contribution in [1.82, 2.24) is 4.98 Å². The molecule has 1 aromatic carbocycles. The van der Waals surface area contributed by atoms with E-state index in [9.17, 15) is 9.18 Å². The molecule has 4 rings (SSSR count). The van der Waals surface area contributed by atoms with Crippen molar-refractivity contribution in [3.05, 3.63) is 65.3 Å². The number of carbonyl (C=O) groups excluding carboxylic acids is 1. The summed E-state index contributed by atoms with van der Waals surface area (Å²) in [6, 6.07) is 8.19. The molecule has 1 amide bonds. The van der Waals surface area contributed by atoms with Crippen LogP contribution in [0.2, 0.25) is 0 Å². The summed E-state index contributed by atoms with van der Waals surface area (Å²) in [5.74, 6) is 0.560. The van der Waals surface area contributed by atoms with Crippen molar-refractivity contribution in [3.63, 3.8) is 0 Å². The Morgan fingerprint density at radius 3 is 2.55 bits per heavy atom. The molecule has 33 heavy (non-hydrogen) atoms. The molecule has 0 unspecified atom stereocenters. The van der Waals surface area contributed by atoms with E-state index < -0.39 is 11.4 Å². The van der Waals surface area contributed by atoms with Gasteiger partial charge in [-0.3, -0.25) is 4.79 Å². The highest BCUT2D eigenvalue weighted by atomic mass is 19.1. The molecule has 0 saturated heterocycles. The van der Waals surface area contributed by atoms with Crippen LogP contribution in [0.25, 0.3) is 11.1 Å². The topological polar surface area (TPSA) is 72.9 Å². The predicted molar refractivity (Wildman–Crippen MR) is 125 cm³/mol. The fourth-order valence-corrected chi connectivity index (χ4v) is 4.11. The summed E-state index contributed by atoms with van der Waals surface area (Å²) < 4.78 is 30.4. The van der Waals surface area contributed by atoms with Gasteiger partial charge in [-0.15, -0.1) is 0 Å². The summed E-state index contributed by atoms with van der Waals surface area (Å²) >= 11 is 0. The van der Waals surface area contributed by atoms with Crippen molar-refractivity contribution in [2.75, 3.05) is 50.7 Å². The number of methoxy groups -OCH3 is 2. The average Bonchev–Trinajstić information content (AvgIpc) is 3.27. The van der Waals surface area contributed by atoms with E-state index >= 15 is 0 Å². The number of nitrogens with one attached hydrogen (secondary N) is 1. The zero-order valence-electron chi connectivity index (χ0n) is 19.3. The standard InChI is InChI=1S/C25H28FN3O4/c1-25(2)19(16-7-8-27-22(13-16)29(9-11-31-3)10-12-32-4)15-21(33-25)23-18-6-5-17(26)14-20(18)28-24(23)30/h5-8,13-15H,9-12H2,1-4H3,(H,28,30). The first-order valence-corrected chi connectivity index (χ1v) is 10.8. The number of hydrogen-bond acceptors (Lipinski definition) is 6. The number of pyridine rings is 1. The third kappa shape index (κ3) is 4.62. The molecule has 1 aromatic heterocycles. The number of allylic oxidation sites excluding steroid dienone is 1. The minimum absolute atomic E-state index is 0.306. The Labute approximate surface area is 192 Å².